The van der Waals surface area contributed by atoms with Crippen molar-refractivity contribution in [1.82, 2.24) is 4.90 Å². The lowest BCUT2D eigenvalue weighted by Crippen LogP contribution is -2.44. The molecule has 1 aliphatic rings. The van der Waals surface area contributed by atoms with Gasteiger partial charge in [-0.25, -0.2) is 0 Å². The van der Waals surface area contributed by atoms with Gasteiger partial charge in [0.25, 0.3) is 0 Å². The Hall–Kier alpha value is -1.98. The molecule has 2 aromatic rings. The Morgan fingerprint density at radius 2 is 1.70 bits per heavy atom. The van der Waals surface area contributed by atoms with E-state index in [1.807, 2.05) is 66.4 Å². The molecule has 1 N–H and O–H groups in total. The number of nitrogens with zero attached hydrogens (tertiary/aromatic N) is 1. The topological polar surface area (TPSA) is 49.4 Å². The minimum absolute atomic E-state index is 0.0388. The zero-order valence-corrected chi connectivity index (χ0v) is 16.8. The number of halogens is 1. The molecule has 0 aromatic heterocycles. The van der Waals surface area contributed by atoms with Crippen LogP contribution in [0, 0.1) is 5.92 Å². The number of rotatable bonds is 5. The largest absolute Gasteiger partial charge is 0.342 e. The van der Waals surface area contributed by atoms with Gasteiger partial charge in [-0.3, -0.25) is 9.59 Å². The summed E-state index contributed by atoms with van der Waals surface area (Å²) < 4.78 is 0. The fraction of sp³-hybridized carbons (Fsp3) is 0.333. The number of carbonyl (C=O) groups is 2. The van der Waals surface area contributed by atoms with Crippen LogP contribution in [0.5, 0.6) is 0 Å². The van der Waals surface area contributed by atoms with Crippen LogP contribution >= 0.6 is 23.4 Å². The number of amides is 2. The molecule has 2 amide bonds. The molecule has 1 aliphatic heterocycles. The van der Waals surface area contributed by atoms with Crippen LogP contribution in [0.25, 0.3) is 0 Å². The van der Waals surface area contributed by atoms with Gasteiger partial charge in [-0.05, 0) is 56.2 Å². The van der Waals surface area contributed by atoms with E-state index in [0.29, 0.717) is 31.0 Å². The van der Waals surface area contributed by atoms with E-state index in [1.54, 1.807) is 0 Å². The lowest BCUT2D eigenvalue weighted by Gasteiger charge is -2.33. The van der Waals surface area contributed by atoms with Gasteiger partial charge in [0.05, 0.1) is 5.25 Å². The van der Waals surface area contributed by atoms with E-state index in [2.05, 4.69) is 5.32 Å². The Labute approximate surface area is 169 Å². The van der Waals surface area contributed by atoms with Gasteiger partial charge in [-0.15, -0.1) is 11.8 Å². The summed E-state index contributed by atoms with van der Waals surface area (Å²) >= 11 is 7.44. The molecule has 0 spiro atoms. The van der Waals surface area contributed by atoms with Gasteiger partial charge >= 0.3 is 0 Å². The fourth-order valence-electron chi connectivity index (χ4n) is 3.15. The lowest BCUT2D eigenvalue weighted by molar-refractivity contribution is -0.133. The molecular weight excluding hydrogens is 380 g/mol. The Balaban J connectivity index is 1.48. The first-order valence-electron chi connectivity index (χ1n) is 9.10. The molecule has 2 aromatic carbocycles. The minimum Gasteiger partial charge on any atom is -0.342 e. The van der Waals surface area contributed by atoms with Crippen LogP contribution in [-0.4, -0.2) is 35.1 Å². The van der Waals surface area contributed by atoms with Crippen LogP contribution in [0.1, 0.15) is 19.8 Å². The molecule has 3 rings (SSSR count). The molecule has 0 aliphatic carbocycles. The van der Waals surface area contributed by atoms with E-state index >= 15 is 0 Å². The molecule has 0 unspecified atom stereocenters. The van der Waals surface area contributed by atoms with Gasteiger partial charge in [0, 0.05) is 34.6 Å². The quantitative estimate of drug-likeness (QED) is 0.737. The summed E-state index contributed by atoms with van der Waals surface area (Å²) in [6, 6.07) is 17.0. The number of thioether (sulfide) groups is 1. The Morgan fingerprint density at radius 1 is 1.07 bits per heavy atom. The van der Waals surface area contributed by atoms with Gasteiger partial charge < -0.3 is 10.2 Å². The molecule has 0 radical (unpaired) electrons. The molecule has 1 heterocycles. The normalized spacial score (nSPS) is 16.0. The predicted molar refractivity (Wildman–Crippen MR) is 111 cm³/mol. The van der Waals surface area contributed by atoms with Crippen LogP contribution in [-0.2, 0) is 9.59 Å². The van der Waals surface area contributed by atoms with Crippen LogP contribution in [0.4, 0.5) is 5.69 Å². The minimum atomic E-state index is -0.166. The van der Waals surface area contributed by atoms with Gasteiger partial charge in [-0.1, -0.05) is 29.8 Å². The van der Waals surface area contributed by atoms with Crippen LogP contribution < -0.4 is 5.32 Å². The van der Waals surface area contributed by atoms with E-state index < -0.39 is 0 Å². The van der Waals surface area contributed by atoms with Crippen molar-refractivity contribution in [2.45, 2.75) is 29.9 Å². The molecule has 6 heteroatoms. The van der Waals surface area contributed by atoms with Gasteiger partial charge in [0.1, 0.15) is 0 Å². The third-order valence-electron chi connectivity index (χ3n) is 4.69. The van der Waals surface area contributed by atoms with Crippen molar-refractivity contribution in [2.24, 2.45) is 5.92 Å². The van der Waals surface area contributed by atoms with Crippen molar-refractivity contribution in [1.29, 1.82) is 0 Å². The maximum atomic E-state index is 12.7. The van der Waals surface area contributed by atoms with Crippen LogP contribution in [0.3, 0.4) is 0 Å². The number of benzene rings is 2. The summed E-state index contributed by atoms with van der Waals surface area (Å²) in [6.07, 6.45) is 1.39. The van der Waals surface area contributed by atoms with Crippen molar-refractivity contribution >= 4 is 40.9 Å². The number of anilines is 1. The maximum absolute atomic E-state index is 12.7. The Morgan fingerprint density at radius 3 is 2.33 bits per heavy atom. The highest BCUT2D eigenvalue weighted by atomic mass is 35.5. The van der Waals surface area contributed by atoms with Crippen LogP contribution in [0.15, 0.2) is 59.5 Å². The molecule has 1 fully saturated rings. The van der Waals surface area contributed by atoms with Gasteiger partial charge in [0.2, 0.25) is 11.8 Å². The van der Waals surface area contributed by atoms with Crippen molar-refractivity contribution < 1.29 is 9.59 Å². The molecule has 1 saturated heterocycles. The first kappa shape index (κ1) is 19.8. The second-order valence-electron chi connectivity index (χ2n) is 6.67. The highest BCUT2D eigenvalue weighted by molar-refractivity contribution is 8.00. The average Bonchev–Trinajstić information content (AvgIpc) is 2.70. The number of carbonyl (C=O) groups excluding carboxylic acids is 2. The second kappa shape index (κ2) is 9.29. The van der Waals surface area contributed by atoms with Crippen molar-refractivity contribution in [2.75, 3.05) is 18.4 Å². The summed E-state index contributed by atoms with van der Waals surface area (Å²) in [7, 11) is 0. The summed E-state index contributed by atoms with van der Waals surface area (Å²) in [5, 5.41) is 3.48. The fourth-order valence-corrected chi connectivity index (χ4v) is 4.23. The molecule has 142 valence electrons. The molecule has 1 atom stereocenters. The summed E-state index contributed by atoms with van der Waals surface area (Å²) in [5.41, 5.74) is 0.814. The van der Waals surface area contributed by atoms with Crippen molar-refractivity contribution in [3.05, 3.63) is 59.6 Å². The standard InChI is InChI=1S/C21H23ClN2O2S/c1-15(27-19-9-7-17(22)8-10-19)21(26)24-13-11-16(12-14-24)20(25)23-18-5-3-2-4-6-18/h2-10,15-16H,11-14H2,1H3,(H,23,25)/t15-/m0/s1. The Kier molecular flexibility index (Phi) is 6.80. The van der Waals surface area contributed by atoms with E-state index in [0.717, 1.165) is 10.6 Å². The summed E-state index contributed by atoms with van der Waals surface area (Å²) in [4.78, 5) is 28.0. The summed E-state index contributed by atoms with van der Waals surface area (Å²) in [6.45, 7) is 3.17. The Bertz CT molecular complexity index is 775. The van der Waals surface area contributed by atoms with Gasteiger partial charge in [0.15, 0.2) is 0 Å². The smallest absolute Gasteiger partial charge is 0.235 e. The number of hydrogen-bond acceptors (Lipinski definition) is 3. The highest BCUT2D eigenvalue weighted by Gasteiger charge is 2.29. The summed E-state index contributed by atoms with van der Waals surface area (Å²) in [5.74, 6) is 0.113. The average molecular weight is 403 g/mol. The van der Waals surface area contributed by atoms with E-state index in [-0.39, 0.29) is 23.0 Å². The SMILES string of the molecule is C[C@H](Sc1ccc(Cl)cc1)C(=O)N1CCC(C(=O)Nc2ccccc2)CC1. The number of para-hydroxylation sites is 1. The van der Waals surface area contributed by atoms with E-state index in [9.17, 15) is 9.59 Å². The van der Waals surface area contributed by atoms with E-state index in [4.69, 9.17) is 11.6 Å². The maximum Gasteiger partial charge on any atom is 0.235 e. The number of piperidine rings is 1. The van der Waals surface area contributed by atoms with Crippen LogP contribution in [0.2, 0.25) is 5.02 Å². The third-order valence-corrected chi connectivity index (χ3v) is 6.04. The molecule has 27 heavy (non-hydrogen) atoms. The highest BCUT2D eigenvalue weighted by Crippen LogP contribution is 2.27. The predicted octanol–water partition coefficient (Wildman–Crippen LogP) is 4.70. The molecular formula is C21H23ClN2O2S. The zero-order valence-electron chi connectivity index (χ0n) is 15.2. The lowest BCUT2D eigenvalue weighted by atomic mass is 9.95. The zero-order chi connectivity index (χ0) is 19.2. The van der Waals surface area contributed by atoms with Crippen molar-refractivity contribution in [3.63, 3.8) is 0 Å². The number of hydrogen-bond donors (Lipinski definition) is 1. The van der Waals surface area contributed by atoms with E-state index in [1.165, 1.54) is 11.8 Å². The third kappa shape index (κ3) is 5.50. The van der Waals surface area contributed by atoms with Gasteiger partial charge in [-0.2, -0.15) is 0 Å². The second-order valence-corrected chi connectivity index (χ2v) is 8.52. The molecule has 0 saturated carbocycles. The number of likely N-dealkylation sites (tertiary alicyclic amines) is 1. The first-order valence-corrected chi connectivity index (χ1v) is 10.4. The first-order chi connectivity index (χ1) is 13.0. The molecule has 4 nitrogen and oxygen atoms in total. The monoisotopic (exact) mass is 402 g/mol. The molecule has 0 bridgehead atoms. The number of nitrogens with one attached hydrogen (secondary N) is 1. The van der Waals surface area contributed by atoms with Crippen molar-refractivity contribution in [3.8, 4) is 0 Å².